The third-order valence-corrected chi connectivity index (χ3v) is 5.79. The van der Waals surface area contributed by atoms with E-state index in [2.05, 4.69) is 31.3 Å². The second-order valence-corrected chi connectivity index (χ2v) is 8.21. The van der Waals surface area contributed by atoms with Crippen molar-refractivity contribution in [2.75, 3.05) is 12.8 Å². The van der Waals surface area contributed by atoms with Gasteiger partial charge in [-0.3, -0.25) is 0 Å². The predicted molar refractivity (Wildman–Crippen MR) is 88.8 cm³/mol. The van der Waals surface area contributed by atoms with Gasteiger partial charge < -0.3 is 5.32 Å². The molecule has 1 heterocycles. The number of benzene rings is 1. The lowest BCUT2D eigenvalue weighted by molar-refractivity contribution is 0.601. The molecular weight excluding hydrogens is 302 g/mol. The Kier molecular flexibility index (Phi) is 5.19. The van der Waals surface area contributed by atoms with E-state index >= 15 is 0 Å². The quantitative estimate of drug-likeness (QED) is 0.886. The number of rotatable bonds is 6. The molecule has 3 nitrogen and oxygen atoms in total. The van der Waals surface area contributed by atoms with E-state index in [4.69, 9.17) is 0 Å². The van der Waals surface area contributed by atoms with E-state index < -0.39 is 9.84 Å². The van der Waals surface area contributed by atoms with Crippen LogP contribution in [0.2, 0.25) is 0 Å². The van der Waals surface area contributed by atoms with Crippen molar-refractivity contribution < 1.29 is 8.42 Å². The van der Waals surface area contributed by atoms with Gasteiger partial charge in [0.2, 0.25) is 0 Å². The SMILES string of the molecule is CCNC(c1ccc(S(C)(=O)=O)cc1)c1ccc(CC)s1. The number of thiophene rings is 1. The average molecular weight is 323 g/mol. The number of hydrogen-bond donors (Lipinski definition) is 1. The molecule has 0 spiro atoms. The van der Waals surface area contributed by atoms with E-state index in [9.17, 15) is 8.42 Å². The van der Waals surface area contributed by atoms with Gasteiger partial charge in [-0.1, -0.05) is 26.0 Å². The molecule has 1 aromatic heterocycles. The standard InChI is InChI=1S/C16H21NO2S2/c1-4-13-8-11-15(20-13)16(17-5-2)12-6-9-14(10-7-12)21(3,18)19/h6-11,16-17H,4-5H2,1-3H3. The first-order valence-corrected chi connectivity index (χ1v) is 9.78. The van der Waals surface area contributed by atoms with Crippen molar-refractivity contribution in [3.8, 4) is 0 Å². The summed E-state index contributed by atoms with van der Waals surface area (Å²) in [6.45, 7) is 5.09. The van der Waals surface area contributed by atoms with E-state index in [0.29, 0.717) is 4.90 Å². The highest BCUT2D eigenvalue weighted by atomic mass is 32.2. The highest BCUT2D eigenvalue weighted by molar-refractivity contribution is 7.90. The van der Waals surface area contributed by atoms with Crippen LogP contribution in [0.3, 0.4) is 0 Å². The first-order valence-electron chi connectivity index (χ1n) is 7.07. The Balaban J connectivity index is 2.34. The van der Waals surface area contributed by atoms with Crippen molar-refractivity contribution in [1.29, 1.82) is 0 Å². The third-order valence-electron chi connectivity index (χ3n) is 3.37. The Labute approximate surface area is 130 Å². The number of aryl methyl sites for hydroxylation is 1. The number of hydrogen-bond acceptors (Lipinski definition) is 4. The Hall–Kier alpha value is -1.17. The van der Waals surface area contributed by atoms with Gasteiger partial charge in [0.05, 0.1) is 10.9 Å². The molecule has 1 N–H and O–H groups in total. The van der Waals surface area contributed by atoms with Crippen LogP contribution in [0.4, 0.5) is 0 Å². The summed E-state index contributed by atoms with van der Waals surface area (Å²) in [5, 5.41) is 3.47. The summed E-state index contributed by atoms with van der Waals surface area (Å²) in [7, 11) is -3.14. The van der Waals surface area contributed by atoms with Gasteiger partial charge in [-0.25, -0.2) is 8.42 Å². The smallest absolute Gasteiger partial charge is 0.175 e. The molecular formula is C16H21NO2S2. The van der Waals surface area contributed by atoms with Crippen LogP contribution in [-0.4, -0.2) is 21.2 Å². The van der Waals surface area contributed by atoms with Gasteiger partial charge in [0.25, 0.3) is 0 Å². The molecule has 0 saturated carbocycles. The normalized spacial score (nSPS) is 13.3. The van der Waals surface area contributed by atoms with Crippen molar-refractivity contribution in [1.82, 2.24) is 5.32 Å². The topological polar surface area (TPSA) is 46.2 Å². The molecule has 2 aromatic rings. The predicted octanol–water partition coefficient (Wildman–Crippen LogP) is 3.41. The van der Waals surface area contributed by atoms with Gasteiger partial charge in [0, 0.05) is 16.0 Å². The van der Waals surface area contributed by atoms with Gasteiger partial charge in [-0.2, -0.15) is 0 Å². The van der Waals surface area contributed by atoms with Crippen LogP contribution in [-0.2, 0) is 16.3 Å². The highest BCUT2D eigenvalue weighted by Gasteiger charge is 2.16. The fourth-order valence-corrected chi connectivity index (χ4v) is 3.92. The summed E-state index contributed by atoms with van der Waals surface area (Å²) >= 11 is 1.80. The zero-order valence-electron chi connectivity index (χ0n) is 12.6. The van der Waals surface area contributed by atoms with Crippen molar-refractivity contribution in [3.63, 3.8) is 0 Å². The molecule has 0 aliphatic carbocycles. The van der Waals surface area contributed by atoms with E-state index in [1.165, 1.54) is 16.0 Å². The summed E-state index contributed by atoms with van der Waals surface area (Å²) in [5.74, 6) is 0. The molecule has 21 heavy (non-hydrogen) atoms. The van der Waals surface area contributed by atoms with Crippen molar-refractivity contribution in [2.24, 2.45) is 0 Å². The zero-order valence-corrected chi connectivity index (χ0v) is 14.2. The van der Waals surface area contributed by atoms with Crippen LogP contribution in [0.5, 0.6) is 0 Å². The van der Waals surface area contributed by atoms with Gasteiger partial charge in [0.15, 0.2) is 9.84 Å². The van der Waals surface area contributed by atoms with Crippen molar-refractivity contribution in [2.45, 2.75) is 31.2 Å². The minimum absolute atomic E-state index is 0.119. The summed E-state index contributed by atoms with van der Waals surface area (Å²) in [4.78, 5) is 2.99. The maximum Gasteiger partial charge on any atom is 0.175 e. The van der Waals surface area contributed by atoms with Gasteiger partial charge in [-0.15, -0.1) is 11.3 Å². The minimum atomic E-state index is -3.14. The summed E-state index contributed by atoms with van der Waals surface area (Å²) in [6.07, 6.45) is 2.27. The minimum Gasteiger partial charge on any atom is -0.306 e. The molecule has 0 fully saturated rings. The Bertz CT molecular complexity index is 687. The van der Waals surface area contributed by atoms with Crippen LogP contribution >= 0.6 is 11.3 Å². The molecule has 1 aromatic carbocycles. The van der Waals surface area contributed by atoms with E-state index in [-0.39, 0.29) is 6.04 Å². The maximum atomic E-state index is 11.5. The molecule has 114 valence electrons. The molecule has 0 amide bonds. The van der Waals surface area contributed by atoms with E-state index in [0.717, 1.165) is 18.5 Å². The number of nitrogens with one attached hydrogen (secondary N) is 1. The lowest BCUT2D eigenvalue weighted by Gasteiger charge is -2.17. The zero-order chi connectivity index (χ0) is 15.5. The molecule has 1 unspecified atom stereocenters. The average Bonchev–Trinajstić information content (AvgIpc) is 2.92. The van der Waals surface area contributed by atoms with Crippen LogP contribution in [0.15, 0.2) is 41.3 Å². The first kappa shape index (κ1) is 16.2. The Morgan fingerprint density at radius 2 is 1.76 bits per heavy atom. The number of sulfone groups is 1. The molecule has 0 aliphatic rings. The molecule has 0 saturated heterocycles. The van der Waals surface area contributed by atoms with E-state index in [1.54, 1.807) is 23.5 Å². The Morgan fingerprint density at radius 1 is 1.10 bits per heavy atom. The third kappa shape index (κ3) is 3.93. The summed E-state index contributed by atoms with van der Waals surface area (Å²) < 4.78 is 23.1. The molecule has 2 rings (SSSR count). The van der Waals surface area contributed by atoms with E-state index in [1.807, 2.05) is 12.1 Å². The van der Waals surface area contributed by atoms with Gasteiger partial charge >= 0.3 is 0 Å². The van der Waals surface area contributed by atoms with Crippen molar-refractivity contribution in [3.05, 3.63) is 51.7 Å². The fraction of sp³-hybridized carbons (Fsp3) is 0.375. The molecule has 5 heteroatoms. The summed E-state index contributed by atoms with van der Waals surface area (Å²) in [5.41, 5.74) is 1.09. The van der Waals surface area contributed by atoms with Crippen LogP contribution in [0.25, 0.3) is 0 Å². The molecule has 0 aliphatic heterocycles. The van der Waals surface area contributed by atoms with Crippen LogP contribution < -0.4 is 5.32 Å². The monoisotopic (exact) mass is 323 g/mol. The largest absolute Gasteiger partial charge is 0.306 e. The van der Waals surface area contributed by atoms with Crippen LogP contribution in [0.1, 0.15) is 35.2 Å². The fourth-order valence-electron chi connectivity index (χ4n) is 2.23. The van der Waals surface area contributed by atoms with Gasteiger partial charge in [-0.05, 0) is 42.8 Å². The summed E-state index contributed by atoms with van der Waals surface area (Å²) in [6, 6.07) is 11.6. The first-order chi connectivity index (χ1) is 9.95. The maximum absolute atomic E-state index is 11.5. The van der Waals surface area contributed by atoms with Crippen LogP contribution in [0, 0.1) is 0 Å². The lowest BCUT2D eigenvalue weighted by atomic mass is 10.1. The lowest BCUT2D eigenvalue weighted by Crippen LogP contribution is -2.21. The second-order valence-electron chi connectivity index (χ2n) is 4.99. The Morgan fingerprint density at radius 3 is 2.24 bits per heavy atom. The molecule has 0 bridgehead atoms. The molecule has 0 radical (unpaired) electrons. The highest BCUT2D eigenvalue weighted by Crippen LogP contribution is 2.29. The van der Waals surface area contributed by atoms with Crippen molar-refractivity contribution >= 4 is 21.2 Å². The van der Waals surface area contributed by atoms with Gasteiger partial charge in [0.1, 0.15) is 0 Å². The molecule has 1 atom stereocenters. The second kappa shape index (κ2) is 6.73.